The van der Waals surface area contributed by atoms with Crippen LogP contribution in [-0.4, -0.2) is 43.2 Å². The summed E-state index contributed by atoms with van der Waals surface area (Å²) in [6, 6.07) is 5.49. The van der Waals surface area contributed by atoms with Crippen molar-refractivity contribution in [2.24, 2.45) is 0 Å². The number of carbonyl (C=O) groups excluding carboxylic acids is 2. The Kier molecular flexibility index (Phi) is 6.39. The number of hydrogen-bond acceptors (Lipinski definition) is 3. The second kappa shape index (κ2) is 7.82. The largest absolute Gasteiger partial charge is 0.465 e. The van der Waals surface area contributed by atoms with Gasteiger partial charge in [0.1, 0.15) is 6.54 Å². The van der Waals surface area contributed by atoms with Crippen LogP contribution < -0.4 is 0 Å². The number of nitrogens with zero attached hydrogens (tertiary/aromatic N) is 1. The molecule has 0 aromatic heterocycles. The molecule has 0 unspecified atom stereocenters. The molecule has 1 amide bonds. The first-order valence-electron chi connectivity index (χ1n) is 6.83. The van der Waals surface area contributed by atoms with E-state index in [1.807, 2.05) is 6.92 Å². The SMILES string of the molecule is CCCCN(CC(F)(F)F)C(=O)c1cccc(C(=O)OC)c1. The summed E-state index contributed by atoms with van der Waals surface area (Å²) in [4.78, 5) is 24.4. The van der Waals surface area contributed by atoms with E-state index in [0.29, 0.717) is 12.8 Å². The van der Waals surface area contributed by atoms with Crippen molar-refractivity contribution in [2.45, 2.75) is 25.9 Å². The van der Waals surface area contributed by atoms with Crippen molar-refractivity contribution in [3.05, 3.63) is 35.4 Å². The highest BCUT2D eigenvalue weighted by Gasteiger charge is 2.33. The van der Waals surface area contributed by atoms with E-state index in [0.717, 1.165) is 4.90 Å². The number of carbonyl (C=O) groups is 2. The van der Waals surface area contributed by atoms with Crippen LogP contribution in [0.4, 0.5) is 13.2 Å². The van der Waals surface area contributed by atoms with Crippen molar-refractivity contribution in [3.8, 4) is 0 Å². The molecular weight excluding hydrogens is 299 g/mol. The van der Waals surface area contributed by atoms with Crippen LogP contribution in [-0.2, 0) is 4.74 Å². The molecule has 1 rings (SSSR count). The molecule has 7 heteroatoms. The van der Waals surface area contributed by atoms with E-state index in [4.69, 9.17) is 0 Å². The van der Waals surface area contributed by atoms with Crippen molar-refractivity contribution < 1.29 is 27.5 Å². The van der Waals surface area contributed by atoms with Crippen LogP contribution in [0.5, 0.6) is 0 Å². The number of ether oxygens (including phenoxy) is 1. The molecule has 0 radical (unpaired) electrons. The highest BCUT2D eigenvalue weighted by atomic mass is 19.4. The number of esters is 1. The molecule has 0 saturated carbocycles. The first kappa shape index (κ1) is 18.0. The third-order valence-corrected chi connectivity index (χ3v) is 2.97. The average Bonchev–Trinajstić information content (AvgIpc) is 2.48. The van der Waals surface area contributed by atoms with Crippen molar-refractivity contribution in [1.82, 2.24) is 4.90 Å². The number of benzene rings is 1. The fourth-order valence-corrected chi connectivity index (χ4v) is 1.90. The fourth-order valence-electron chi connectivity index (χ4n) is 1.90. The Morgan fingerprint density at radius 3 is 2.41 bits per heavy atom. The average molecular weight is 317 g/mol. The minimum Gasteiger partial charge on any atom is -0.465 e. The number of rotatable bonds is 6. The lowest BCUT2D eigenvalue weighted by molar-refractivity contribution is -0.140. The first-order chi connectivity index (χ1) is 10.3. The van der Waals surface area contributed by atoms with Crippen LogP contribution >= 0.6 is 0 Å². The highest BCUT2D eigenvalue weighted by molar-refractivity contribution is 5.97. The van der Waals surface area contributed by atoms with Gasteiger partial charge in [-0.2, -0.15) is 13.2 Å². The number of methoxy groups -OCH3 is 1. The molecule has 22 heavy (non-hydrogen) atoms. The maximum absolute atomic E-state index is 12.6. The van der Waals surface area contributed by atoms with E-state index in [-0.39, 0.29) is 17.7 Å². The molecule has 0 saturated heterocycles. The Bertz CT molecular complexity index is 529. The lowest BCUT2D eigenvalue weighted by Gasteiger charge is -2.24. The van der Waals surface area contributed by atoms with Gasteiger partial charge in [-0.1, -0.05) is 19.4 Å². The lowest BCUT2D eigenvalue weighted by Crippen LogP contribution is -2.39. The van der Waals surface area contributed by atoms with E-state index < -0.39 is 24.6 Å². The van der Waals surface area contributed by atoms with Gasteiger partial charge in [0.25, 0.3) is 5.91 Å². The number of hydrogen-bond donors (Lipinski definition) is 0. The van der Waals surface area contributed by atoms with Gasteiger partial charge in [0.15, 0.2) is 0 Å². The van der Waals surface area contributed by atoms with Crippen LogP contribution in [0.2, 0.25) is 0 Å². The van der Waals surface area contributed by atoms with Crippen molar-refractivity contribution in [2.75, 3.05) is 20.2 Å². The molecule has 1 aromatic rings. The summed E-state index contributed by atoms with van der Waals surface area (Å²) in [6.07, 6.45) is -3.33. The quantitative estimate of drug-likeness (QED) is 0.757. The second-order valence-electron chi connectivity index (χ2n) is 4.77. The van der Waals surface area contributed by atoms with E-state index in [2.05, 4.69) is 4.74 Å². The maximum atomic E-state index is 12.6. The lowest BCUT2D eigenvalue weighted by atomic mass is 10.1. The van der Waals surface area contributed by atoms with Gasteiger partial charge in [-0.25, -0.2) is 4.79 Å². The maximum Gasteiger partial charge on any atom is 0.406 e. The Morgan fingerprint density at radius 2 is 1.86 bits per heavy atom. The van der Waals surface area contributed by atoms with Crippen LogP contribution in [0.3, 0.4) is 0 Å². The van der Waals surface area contributed by atoms with Gasteiger partial charge in [0.05, 0.1) is 12.7 Å². The summed E-state index contributed by atoms with van der Waals surface area (Å²) in [5.74, 6) is -1.40. The standard InChI is InChI=1S/C15H18F3NO3/c1-3-4-8-19(10-15(16,17)18)13(20)11-6-5-7-12(9-11)14(21)22-2/h5-7,9H,3-4,8,10H2,1-2H3. The molecule has 0 aliphatic carbocycles. The predicted octanol–water partition coefficient (Wildman–Crippen LogP) is 3.28. The van der Waals surface area contributed by atoms with Gasteiger partial charge < -0.3 is 9.64 Å². The van der Waals surface area contributed by atoms with Crippen LogP contribution in [0, 0.1) is 0 Å². The Balaban J connectivity index is 2.99. The van der Waals surface area contributed by atoms with Crippen LogP contribution in [0.1, 0.15) is 40.5 Å². The first-order valence-corrected chi connectivity index (χ1v) is 6.83. The predicted molar refractivity (Wildman–Crippen MR) is 74.6 cm³/mol. The van der Waals surface area contributed by atoms with E-state index in [9.17, 15) is 22.8 Å². The van der Waals surface area contributed by atoms with Crippen molar-refractivity contribution in [1.29, 1.82) is 0 Å². The molecule has 0 fully saturated rings. The molecule has 0 bridgehead atoms. The molecule has 122 valence electrons. The minimum absolute atomic E-state index is 0.0112. The van der Waals surface area contributed by atoms with E-state index in [1.165, 1.54) is 31.4 Å². The van der Waals surface area contributed by atoms with Crippen molar-refractivity contribution >= 4 is 11.9 Å². The topological polar surface area (TPSA) is 46.6 Å². The second-order valence-corrected chi connectivity index (χ2v) is 4.77. The molecule has 4 nitrogen and oxygen atoms in total. The number of unbranched alkanes of at least 4 members (excludes halogenated alkanes) is 1. The van der Waals surface area contributed by atoms with E-state index >= 15 is 0 Å². The molecule has 0 heterocycles. The summed E-state index contributed by atoms with van der Waals surface area (Å²) >= 11 is 0. The third-order valence-electron chi connectivity index (χ3n) is 2.97. The van der Waals surface area contributed by atoms with Gasteiger partial charge in [-0.05, 0) is 24.6 Å². The number of alkyl halides is 3. The third kappa shape index (κ3) is 5.38. The molecule has 0 aliphatic heterocycles. The molecule has 1 aromatic carbocycles. The normalized spacial score (nSPS) is 11.1. The molecule has 0 atom stereocenters. The zero-order valence-electron chi connectivity index (χ0n) is 12.4. The van der Waals surface area contributed by atoms with Gasteiger partial charge in [0, 0.05) is 12.1 Å². The molecule has 0 N–H and O–H groups in total. The zero-order chi connectivity index (χ0) is 16.8. The van der Waals surface area contributed by atoms with Gasteiger partial charge >= 0.3 is 12.1 Å². The van der Waals surface area contributed by atoms with Crippen molar-refractivity contribution in [3.63, 3.8) is 0 Å². The molecule has 0 aliphatic rings. The van der Waals surface area contributed by atoms with Gasteiger partial charge in [0.2, 0.25) is 0 Å². The zero-order valence-corrected chi connectivity index (χ0v) is 12.4. The Morgan fingerprint density at radius 1 is 1.23 bits per heavy atom. The Hall–Kier alpha value is -2.05. The summed E-state index contributed by atoms with van der Waals surface area (Å²) < 4.78 is 42.3. The minimum atomic E-state index is -4.47. The van der Waals surface area contributed by atoms with Crippen LogP contribution in [0.15, 0.2) is 24.3 Å². The smallest absolute Gasteiger partial charge is 0.406 e. The molecule has 0 spiro atoms. The number of halogens is 3. The van der Waals surface area contributed by atoms with Gasteiger partial charge in [-0.15, -0.1) is 0 Å². The van der Waals surface area contributed by atoms with Crippen LogP contribution in [0.25, 0.3) is 0 Å². The number of amides is 1. The summed E-state index contributed by atoms with van der Waals surface area (Å²) in [6.45, 7) is 0.527. The van der Waals surface area contributed by atoms with Gasteiger partial charge in [-0.3, -0.25) is 4.79 Å². The molecular formula is C15H18F3NO3. The Labute approximate surface area is 126 Å². The van der Waals surface area contributed by atoms with E-state index in [1.54, 1.807) is 0 Å². The summed E-state index contributed by atoms with van der Waals surface area (Å²) in [7, 11) is 1.19. The highest BCUT2D eigenvalue weighted by Crippen LogP contribution is 2.19. The summed E-state index contributed by atoms with van der Waals surface area (Å²) in [5, 5.41) is 0. The fraction of sp³-hybridized carbons (Fsp3) is 0.467. The monoisotopic (exact) mass is 317 g/mol. The summed E-state index contributed by atoms with van der Waals surface area (Å²) in [5.41, 5.74) is 0.152.